The van der Waals surface area contributed by atoms with Gasteiger partial charge in [0, 0.05) is 22.9 Å². The Bertz CT molecular complexity index is 793. The highest BCUT2D eigenvalue weighted by molar-refractivity contribution is 6.30. The molecule has 0 saturated heterocycles. The number of halogens is 3. The first-order valence-electron chi connectivity index (χ1n) is 6.79. The van der Waals surface area contributed by atoms with Gasteiger partial charge in [-0.3, -0.25) is 4.79 Å². The number of hydrogen-bond donors (Lipinski definition) is 1. The van der Waals surface area contributed by atoms with Crippen molar-refractivity contribution in [3.05, 3.63) is 70.8 Å². The number of esters is 1. The van der Waals surface area contributed by atoms with E-state index >= 15 is 0 Å². The zero-order chi connectivity index (χ0) is 17.5. The lowest BCUT2D eigenvalue weighted by molar-refractivity contribution is -0.142. The predicted octanol–water partition coefficient (Wildman–Crippen LogP) is 3.81. The molecular weight excluding hydrogens is 340 g/mol. The van der Waals surface area contributed by atoms with Gasteiger partial charge in [0.15, 0.2) is 18.2 Å². The van der Waals surface area contributed by atoms with Crippen LogP contribution in [0.2, 0.25) is 5.02 Å². The predicted molar refractivity (Wildman–Crippen MR) is 86.4 cm³/mol. The van der Waals surface area contributed by atoms with Gasteiger partial charge < -0.3 is 10.1 Å². The van der Waals surface area contributed by atoms with Gasteiger partial charge in [-0.05, 0) is 35.9 Å². The largest absolute Gasteiger partial charge is 0.452 e. The van der Waals surface area contributed by atoms with Crippen LogP contribution < -0.4 is 5.32 Å². The summed E-state index contributed by atoms with van der Waals surface area (Å²) in [6.07, 6.45) is 2.64. The monoisotopic (exact) mass is 351 g/mol. The molecule has 24 heavy (non-hydrogen) atoms. The smallest absolute Gasteiger partial charge is 0.331 e. The maximum atomic E-state index is 13.0. The van der Waals surface area contributed by atoms with Gasteiger partial charge in [0.1, 0.15) is 0 Å². The number of carbonyl (C=O) groups is 2. The molecule has 4 nitrogen and oxygen atoms in total. The van der Waals surface area contributed by atoms with E-state index < -0.39 is 30.1 Å². The maximum absolute atomic E-state index is 13.0. The summed E-state index contributed by atoms with van der Waals surface area (Å²) in [5, 5.41) is 2.81. The van der Waals surface area contributed by atoms with Crippen molar-refractivity contribution in [3.63, 3.8) is 0 Å². The highest BCUT2D eigenvalue weighted by Crippen LogP contribution is 2.13. The van der Waals surface area contributed by atoms with E-state index in [4.69, 9.17) is 16.3 Å². The minimum Gasteiger partial charge on any atom is -0.452 e. The Kier molecular flexibility index (Phi) is 6.03. The van der Waals surface area contributed by atoms with Gasteiger partial charge in [0.05, 0.1) is 0 Å². The van der Waals surface area contributed by atoms with Crippen LogP contribution in [0.3, 0.4) is 0 Å². The standard InChI is InChI=1S/C17H12ClF2NO3/c18-12-3-1-2-11(8-12)4-7-17(23)24-10-16(22)21-13-5-6-14(19)15(20)9-13/h1-9H,10H2,(H,21,22)/b7-4+. The van der Waals surface area contributed by atoms with Crippen molar-refractivity contribution in [2.24, 2.45) is 0 Å². The molecule has 1 amide bonds. The molecule has 7 heteroatoms. The fourth-order valence-corrected chi connectivity index (χ4v) is 1.93. The summed E-state index contributed by atoms with van der Waals surface area (Å²) < 4.78 is 30.5. The lowest BCUT2D eigenvalue weighted by Crippen LogP contribution is -2.20. The maximum Gasteiger partial charge on any atom is 0.331 e. The van der Waals surface area contributed by atoms with E-state index in [9.17, 15) is 18.4 Å². The average molecular weight is 352 g/mol. The molecule has 0 saturated carbocycles. The van der Waals surface area contributed by atoms with E-state index in [0.717, 1.165) is 18.2 Å². The molecule has 2 aromatic rings. The zero-order valence-electron chi connectivity index (χ0n) is 12.3. The van der Waals surface area contributed by atoms with Crippen LogP contribution in [0.5, 0.6) is 0 Å². The molecule has 1 N–H and O–H groups in total. The Hall–Kier alpha value is -2.73. The van der Waals surface area contributed by atoms with Crippen molar-refractivity contribution in [2.45, 2.75) is 0 Å². The number of ether oxygens (including phenoxy) is 1. The fraction of sp³-hybridized carbons (Fsp3) is 0.0588. The third-order valence-electron chi connectivity index (χ3n) is 2.81. The van der Waals surface area contributed by atoms with E-state index in [1.165, 1.54) is 12.1 Å². The average Bonchev–Trinajstić information content (AvgIpc) is 2.54. The number of benzene rings is 2. The zero-order valence-corrected chi connectivity index (χ0v) is 13.0. The second-order valence-electron chi connectivity index (χ2n) is 4.67. The number of nitrogens with one attached hydrogen (secondary N) is 1. The lowest BCUT2D eigenvalue weighted by atomic mass is 10.2. The number of hydrogen-bond acceptors (Lipinski definition) is 3. The quantitative estimate of drug-likeness (QED) is 0.658. The molecule has 0 spiro atoms. The highest BCUT2D eigenvalue weighted by atomic mass is 35.5. The molecule has 2 aromatic carbocycles. The van der Waals surface area contributed by atoms with Crippen LogP contribution in [-0.4, -0.2) is 18.5 Å². The summed E-state index contributed by atoms with van der Waals surface area (Å²) in [5.74, 6) is -3.51. The number of amides is 1. The van der Waals surface area contributed by atoms with E-state index in [2.05, 4.69) is 5.32 Å². The second-order valence-corrected chi connectivity index (χ2v) is 5.11. The van der Waals surface area contributed by atoms with Crippen molar-refractivity contribution in [2.75, 3.05) is 11.9 Å². The molecule has 0 aliphatic heterocycles. The molecular formula is C17H12ClF2NO3. The Labute approximate surface area is 141 Å². The Morgan fingerprint density at radius 3 is 2.62 bits per heavy atom. The first-order chi connectivity index (χ1) is 11.4. The lowest BCUT2D eigenvalue weighted by Gasteiger charge is -2.05. The summed E-state index contributed by atoms with van der Waals surface area (Å²) in [6.45, 7) is -0.558. The van der Waals surface area contributed by atoms with E-state index in [1.54, 1.807) is 24.3 Å². The summed E-state index contributed by atoms with van der Waals surface area (Å²) in [5.41, 5.74) is 0.759. The molecule has 0 aromatic heterocycles. The summed E-state index contributed by atoms with van der Waals surface area (Å²) >= 11 is 5.81. The number of anilines is 1. The van der Waals surface area contributed by atoms with Gasteiger partial charge in [-0.15, -0.1) is 0 Å². The van der Waals surface area contributed by atoms with Gasteiger partial charge in [0.2, 0.25) is 0 Å². The molecule has 0 fully saturated rings. The van der Waals surface area contributed by atoms with Crippen LogP contribution in [0, 0.1) is 11.6 Å². The molecule has 0 atom stereocenters. The van der Waals surface area contributed by atoms with Crippen LogP contribution in [0.1, 0.15) is 5.56 Å². The SMILES string of the molecule is O=C(COC(=O)/C=C/c1cccc(Cl)c1)Nc1ccc(F)c(F)c1. The fourth-order valence-electron chi connectivity index (χ4n) is 1.73. The first kappa shape index (κ1) is 17.6. The molecule has 0 radical (unpaired) electrons. The Morgan fingerprint density at radius 1 is 1.12 bits per heavy atom. The van der Waals surface area contributed by atoms with Gasteiger partial charge >= 0.3 is 5.97 Å². The second kappa shape index (κ2) is 8.21. The minimum absolute atomic E-state index is 0.0596. The van der Waals surface area contributed by atoms with Gasteiger partial charge in [-0.25, -0.2) is 13.6 Å². The van der Waals surface area contributed by atoms with Gasteiger partial charge in [0.25, 0.3) is 5.91 Å². The van der Waals surface area contributed by atoms with Crippen molar-refractivity contribution in [1.29, 1.82) is 0 Å². The Balaban J connectivity index is 1.82. The Morgan fingerprint density at radius 2 is 1.92 bits per heavy atom. The first-order valence-corrected chi connectivity index (χ1v) is 7.17. The summed E-state index contributed by atoms with van der Waals surface area (Å²) in [6, 6.07) is 9.71. The molecule has 0 unspecified atom stereocenters. The van der Waals surface area contributed by atoms with Crippen molar-refractivity contribution in [1.82, 2.24) is 0 Å². The van der Waals surface area contributed by atoms with Crippen LogP contribution in [0.25, 0.3) is 6.08 Å². The van der Waals surface area contributed by atoms with Crippen molar-refractivity contribution < 1.29 is 23.1 Å². The number of carbonyl (C=O) groups excluding carboxylic acids is 2. The topological polar surface area (TPSA) is 55.4 Å². The third-order valence-corrected chi connectivity index (χ3v) is 3.04. The third kappa shape index (κ3) is 5.48. The van der Waals surface area contributed by atoms with E-state index in [0.29, 0.717) is 10.6 Å². The minimum atomic E-state index is -1.09. The molecule has 2 rings (SSSR count). The summed E-state index contributed by atoms with van der Waals surface area (Å²) in [7, 11) is 0. The number of rotatable bonds is 5. The molecule has 124 valence electrons. The van der Waals surface area contributed by atoms with Crippen LogP contribution in [0.15, 0.2) is 48.5 Å². The van der Waals surface area contributed by atoms with E-state index in [-0.39, 0.29) is 5.69 Å². The van der Waals surface area contributed by atoms with E-state index in [1.807, 2.05) is 0 Å². The molecule has 0 heterocycles. The normalized spacial score (nSPS) is 10.6. The summed E-state index contributed by atoms with van der Waals surface area (Å²) in [4.78, 5) is 23.1. The van der Waals surface area contributed by atoms with Gasteiger partial charge in [-0.1, -0.05) is 23.7 Å². The molecule has 0 aliphatic carbocycles. The van der Waals surface area contributed by atoms with Crippen LogP contribution in [-0.2, 0) is 14.3 Å². The van der Waals surface area contributed by atoms with Crippen LogP contribution >= 0.6 is 11.6 Å². The highest BCUT2D eigenvalue weighted by Gasteiger charge is 2.08. The van der Waals surface area contributed by atoms with Gasteiger partial charge in [-0.2, -0.15) is 0 Å². The van der Waals surface area contributed by atoms with Crippen molar-refractivity contribution >= 4 is 35.2 Å². The molecule has 0 bridgehead atoms. The van der Waals surface area contributed by atoms with Crippen molar-refractivity contribution in [3.8, 4) is 0 Å². The van der Waals surface area contributed by atoms with Crippen LogP contribution in [0.4, 0.5) is 14.5 Å². The molecule has 0 aliphatic rings.